The highest BCUT2D eigenvalue weighted by Crippen LogP contribution is 2.22. The second-order valence-corrected chi connectivity index (χ2v) is 5.42. The van der Waals surface area contributed by atoms with Crippen LogP contribution in [-0.2, 0) is 0 Å². The molecule has 2 heterocycles. The van der Waals surface area contributed by atoms with Crippen LogP contribution in [0.2, 0.25) is 10.3 Å². The quantitative estimate of drug-likeness (QED) is 0.778. The van der Waals surface area contributed by atoms with E-state index in [1.807, 2.05) is 4.90 Å². The molecule has 0 saturated carbocycles. The first kappa shape index (κ1) is 13.6. The molecule has 0 N–H and O–H groups in total. The molecule has 1 aromatic rings. The van der Waals surface area contributed by atoms with E-state index in [1.165, 1.54) is 6.42 Å². The van der Waals surface area contributed by atoms with Gasteiger partial charge in [-0.3, -0.25) is 4.79 Å². The van der Waals surface area contributed by atoms with E-state index < -0.39 is 0 Å². The number of nitrogens with zero attached hydrogens (tertiary/aromatic N) is 2. The van der Waals surface area contributed by atoms with Crippen LogP contribution in [0.1, 0.15) is 36.5 Å². The van der Waals surface area contributed by atoms with Crippen LogP contribution in [0.4, 0.5) is 0 Å². The summed E-state index contributed by atoms with van der Waals surface area (Å²) in [6.45, 7) is 3.83. The standard InChI is InChI=1S/C13H16Cl2N2O/c1-2-9-3-5-17(6-4-9)13(18)10-7-11(14)16-12(15)8-10/h7-9H,2-6H2,1H3. The Kier molecular flexibility index (Phi) is 4.46. The Labute approximate surface area is 117 Å². The summed E-state index contributed by atoms with van der Waals surface area (Å²) in [4.78, 5) is 18.0. The van der Waals surface area contributed by atoms with E-state index >= 15 is 0 Å². The van der Waals surface area contributed by atoms with Crippen molar-refractivity contribution < 1.29 is 4.79 Å². The zero-order valence-corrected chi connectivity index (χ0v) is 11.8. The van der Waals surface area contributed by atoms with Gasteiger partial charge in [0.2, 0.25) is 0 Å². The van der Waals surface area contributed by atoms with E-state index in [0.717, 1.165) is 31.8 Å². The molecule has 1 aliphatic rings. The van der Waals surface area contributed by atoms with Crippen LogP contribution in [0, 0.1) is 5.92 Å². The van der Waals surface area contributed by atoms with Gasteiger partial charge in [-0.25, -0.2) is 4.98 Å². The largest absolute Gasteiger partial charge is 0.339 e. The molecule has 0 unspecified atom stereocenters. The maximum Gasteiger partial charge on any atom is 0.254 e. The molecule has 0 spiro atoms. The Bertz CT molecular complexity index is 422. The van der Waals surface area contributed by atoms with Crippen molar-refractivity contribution in [2.75, 3.05) is 13.1 Å². The molecule has 1 saturated heterocycles. The van der Waals surface area contributed by atoms with Crippen molar-refractivity contribution in [3.63, 3.8) is 0 Å². The number of carbonyl (C=O) groups excluding carboxylic acids is 1. The summed E-state index contributed by atoms with van der Waals surface area (Å²) in [6.07, 6.45) is 3.35. The number of halogens is 2. The summed E-state index contributed by atoms with van der Waals surface area (Å²) < 4.78 is 0. The molecule has 1 aliphatic heterocycles. The number of hydrogen-bond donors (Lipinski definition) is 0. The summed E-state index contributed by atoms with van der Waals surface area (Å²) in [5.74, 6) is 0.745. The minimum Gasteiger partial charge on any atom is -0.339 e. The smallest absolute Gasteiger partial charge is 0.254 e. The second-order valence-electron chi connectivity index (χ2n) is 4.65. The molecule has 0 bridgehead atoms. The van der Waals surface area contributed by atoms with Crippen molar-refractivity contribution in [3.05, 3.63) is 28.0 Å². The molecule has 0 radical (unpaired) electrons. The number of aromatic nitrogens is 1. The first-order valence-corrected chi connectivity index (χ1v) is 6.98. The first-order valence-electron chi connectivity index (χ1n) is 6.22. The number of rotatable bonds is 2. The third-order valence-electron chi connectivity index (χ3n) is 3.49. The predicted octanol–water partition coefficient (Wildman–Crippen LogP) is 3.65. The van der Waals surface area contributed by atoms with Crippen molar-refractivity contribution in [1.82, 2.24) is 9.88 Å². The molecule has 98 valence electrons. The first-order chi connectivity index (χ1) is 8.60. The number of likely N-dealkylation sites (tertiary alicyclic amines) is 1. The van der Waals surface area contributed by atoms with Crippen molar-refractivity contribution >= 4 is 29.1 Å². The normalized spacial score (nSPS) is 16.9. The lowest BCUT2D eigenvalue weighted by atomic mass is 9.94. The molecule has 0 aliphatic carbocycles. The Hall–Kier alpha value is -0.800. The minimum atomic E-state index is -0.00393. The molecule has 1 amide bonds. The van der Waals surface area contributed by atoms with E-state index in [-0.39, 0.29) is 16.2 Å². The maximum absolute atomic E-state index is 12.3. The lowest BCUT2D eigenvalue weighted by Crippen LogP contribution is -2.38. The van der Waals surface area contributed by atoms with Gasteiger partial charge < -0.3 is 4.90 Å². The van der Waals surface area contributed by atoms with Crippen LogP contribution >= 0.6 is 23.2 Å². The number of piperidine rings is 1. The zero-order chi connectivity index (χ0) is 13.1. The summed E-state index contributed by atoms with van der Waals surface area (Å²) in [5, 5.41) is 0.517. The molecule has 1 aromatic heterocycles. The van der Waals surface area contributed by atoms with Crippen molar-refractivity contribution in [3.8, 4) is 0 Å². The van der Waals surface area contributed by atoms with Crippen molar-refractivity contribution in [2.24, 2.45) is 5.92 Å². The van der Waals surface area contributed by atoms with Gasteiger partial charge in [-0.15, -0.1) is 0 Å². The van der Waals surface area contributed by atoms with E-state index in [1.54, 1.807) is 12.1 Å². The average molecular weight is 287 g/mol. The fraction of sp³-hybridized carbons (Fsp3) is 0.538. The second kappa shape index (κ2) is 5.89. The van der Waals surface area contributed by atoms with Gasteiger partial charge in [-0.2, -0.15) is 0 Å². The Morgan fingerprint density at radius 2 is 1.89 bits per heavy atom. The minimum absolute atomic E-state index is 0.00393. The molecule has 5 heteroatoms. The Morgan fingerprint density at radius 3 is 2.39 bits per heavy atom. The van der Waals surface area contributed by atoms with Crippen LogP contribution < -0.4 is 0 Å². The van der Waals surface area contributed by atoms with Crippen LogP contribution in [0.25, 0.3) is 0 Å². The number of amides is 1. The van der Waals surface area contributed by atoms with Gasteiger partial charge >= 0.3 is 0 Å². The van der Waals surface area contributed by atoms with Crippen LogP contribution in [-0.4, -0.2) is 28.9 Å². The summed E-state index contributed by atoms with van der Waals surface area (Å²) in [5.41, 5.74) is 0.523. The SMILES string of the molecule is CCC1CCN(C(=O)c2cc(Cl)nc(Cl)c2)CC1. The van der Waals surface area contributed by atoms with Gasteiger partial charge in [0.05, 0.1) is 0 Å². The Morgan fingerprint density at radius 1 is 1.33 bits per heavy atom. The monoisotopic (exact) mass is 286 g/mol. The van der Waals surface area contributed by atoms with Crippen molar-refractivity contribution in [1.29, 1.82) is 0 Å². The van der Waals surface area contributed by atoms with E-state index in [9.17, 15) is 4.79 Å². The molecule has 0 atom stereocenters. The lowest BCUT2D eigenvalue weighted by molar-refractivity contribution is 0.0688. The van der Waals surface area contributed by atoms with Gasteiger partial charge in [0.1, 0.15) is 10.3 Å². The van der Waals surface area contributed by atoms with Crippen LogP contribution in [0.15, 0.2) is 12.1 Å². The van der Waals surface area contributed by atoms with Gasteiger partial charge in [0.25, 0.3) is 5.91 Å². The summed E-state index contributed by atoms with van der Waals surface area (Å²) in [6, 6.07) is 3.14. The van der Waals surface area contributed by atoms with Gasteiger partial charge in [-0.05, 0) is 30.9 Å². The Balaban J connectivity index is 2.07. The molecular formula is C13H16Cl2N2O. The topological polar surface area (TPSA) is 33.2 Å². The van der Waals surface area contributed by atoms with Crippen LogP contribution in [0.3, 0.4) is 0 Å². The fourth-order valence-electron chi connectivity index (χ4n) is 2.32. The van der Waals surface area contributed by atoms with Gasteiger partial charge in [-0.1, -0.05) is 36.5 Å². The highest BCUT2D eigenvalue weighted by atomic mass is 35.5. The lowest BCUT2D eigenvalue weighted by Gasteiger charge is -2.31. The van der Waals surface area contributed by atoms with Crippen molar-refractivity contribution in [2.45, 2.75) is 26.2 Å². The van der Waals surface area contributed by atoms with Gasteiger partial charge in [0.15, 0.2) is 0 Å². The van der Waals surface area contributed by atoms with E-state index in [2.05, 4.69) is 11.9 Å². The average Bonchev–Trinajstić information content (AvgIpc) is 2.37. The maximum atomic E-state index is 12.3. The van der Waals surface area contributed by atoms with Gasteiger partial charge in [0, 0.05) is 18.7 Å². The van der Waals surface area contributed by atoms with E-state index in [0.29, 0.717) is 5.56 Å². The highest BCUT2D eigenvalue weighted by Gasteiger charge is 2.23. The molecule has 18 heavy (non-hydrogen) atoms. The third-order valence-corrected chi connectivity index (χ3v) is 3.88. The fourth-order valence-corrected chi connectivity index (χ4v) is 2.78. The predicted molar refractivity (Wildman–Crippen MR) is 73.2 cm³/mol. The number of pyridine rings is 1. The molecule has 0 aromatic carbocycles. The molecule has 2 rings (SSSR count). The zero-order valence-electron chi connectivity index (χ0n) is 10.3. The molecule has 1 fully saturated rings. The number of carbonyl (C=O) groups is 1. The van der Waals surface area contributed by atoms with Crippen LogP contribution in [0.5, 0.6) is 0 Å². The van der Waals surface area contributed by atoms with E-state index in [4.69, 9.17) is 23.2 Å². The summed E-state index contributed by atoms with van der Waals surface area (Å²) >= 11 is 11.6. The molecular weight excluding hydrogens is 271 g/mol. The highest BCUT2D eigenvalue weighted by molar-refractivity contribution is 6.33. The summed E-state index contributed by atoms with van der Waals surface area (Å²) in [7, 11) is 0. The third kappa shape index (κ3) is 3.15. The molecule has 3 nitrogen and oxygen atoms in total. The number of hydrogen-bond acceptors (Lipinski definition) is 2.